The summed E-state index contributed by atoms with van der Waals surface area (Å²) in [6.45, 7) is 5.80. The molecular formula is C21H31NO5. The molecule has 6 nitrogen and oxygen atoms in total. The van der Waals surface area contributed by atoms with Crippen LogP contribution in [0.4, 0.5) is 0 Å². The van der Waals surface area contributed by atoms with Crippen molar-refractivity contribution >= 4 is 11.7 Å². The Balaban J connectivity index is 1.49. The predicted molar refractivity (Wildman–Crippen MR) is 96.5 cm³/mol. The lowest BCUT2D eigenvalue weighted by Crippen LogP contribution is -2.60. The largest absolute Gasteiger partial charge is 0.370 e. The number of amides is 1. The Morgan fingerprint density at radius 2 is 1.89 bits per heavy atom. The summed E-state index contributed by atoms with van der Waals surface area (Å²) < 4.78 is 17.9. The Kier molecular flexibility index (Phi) is 3.86. The van der Waals surface area contributed by atoms with Crippen LogP contribution in [0.25, 0.3) is 0 Å². The number of Topliss-reactive ketones (excluding diaryl/α,β-unsaturated/α-hetero) is 1. The molecule has 3 aliphatic carbocycles. The van der Waals surface area contributed by atoms with Crippen LogP contribution >= 0.6 is 0 Å². The quantitative estimate of drug-likeness (QED) is 0.761. The van der Waals surface area contributed by atoms with E-state index >= 15 is 0 Å². The summed E-state index contributed by atoms with van der Waals surface area (Å²) in [6.07, 6.45) is 5.42. The van der Waals surface area contributed by atoms with Gasteiger partial charge in [-0.1, -0.05) is 13.8 Å². The van der Waals surface area contributed by atoms with E-state index in [0.717, 1.165) is 32.1 Å². The maximum Gasteiger partial charge on any atom is 0.217 e. The maximum atomic E-state index is 12.3. The zero-order valence-corrected chi connectivity index (χ0v) is 16.4. The van der Waals surface area contributed by atoms with E-state index < -0.39 is 0 Å². The third-order valence-corrected chi connectivity index (χ3v) is 8.97. The van der Waals surface area contributed by atoms with Crippen LogP contribution in [0.5, 0.6) is 0 Å². The zero-order chi connectivity index (χ0) is 19.0. The molecular weight excluding hydrogens is 346 g/mol. The van der Waals surface area contributed by atoms with Gasteiger partial charge in [-0.25, -0.2) is 0 Å². The minimum absolute atomic E-state index is 0.0170. The van der Waals surface area contributed by atoms with E-state index in [2.05, 4.69) is 13.8 Å². The van der Waals surface area contributed by atoms with Crippen molar-refractivity contribution in [3.8, 4) is 0 Å². The van der Waals surface area contributed by atoms with Crippen molar-refractivity contribution in [2.24, 2.45) is 34.3 Å². The highest BCUT2D eigenvalue weighted by molar-refractivity contribution is 5.88. The molecule has 2 N–H and O–H groups in total. The number of fused-ring (bicyclic) bond motifs is 2. The molecule has 5 fully saturated rings. The van der Waals surface area contributed by atoms with Gasteiger partial charge in [0.2, 0.25) is 5.91 Å². The maximum absolute atomic E-state index is 12.3. The van der Waals surface area contributed by atoms with Gasteiger partial charge >= 0.3 is 0 Å². The van der Waals surface area contributed by atoms with Gasteiger partial charge in [0.05, 0.1) is 13.2 Å². The fraction of sp³-hybridized carbons (Fsp3) is 0.905. The van der Waals surface area contributed by atoms with Gasteiger partial charge in [-0.05, 0) is 49.9 Å². The number of primary amides is 1. The van der Waals surface area contributed by atoms with Gasteiger partial charge in [0.1, 0.15) is 11.7 Å². The third-order valence-electron chi connectivity index (χ3n) is 8.97. The zero-order valence-electron chi connectivity index (χ0n) is 16.4. The van der Waals surface area contributed by atoms with Gasteiger partial charge in [0.25, 0.3) is 0 Å². The monoisotopic (exact) mass is 377 g/mol. The number of carbonyl (C=O) groups is 2. The molecule has 0 bridgehead atoms. The number of hydrogen-bond acceptors (Lipinski definition) is 5. The van der Waals surface area contributed by atoms with Crippen LogP contribution in [0.3, 0.4) is 0 Å². The Morgan fingerprint density at radius 1 is 1.15 bits per heavy atom. The van der Waals surface area contributed by atoms with Gasteiger partial charge < -0.3 is 19.9 Å². The summed E-state index contributed by atoms with van der Waals surface area (Å²) in [5.74, 6) is 1.06. The smallest absolute Gasteiger partial charge is 0.217 e. The van der Waals surface area contributed by atoms with Crippen molar-refractivity contribution in [3.63, 3.8) is 0 Å². The molecule has 27 heavy (non-hydrogen) atoms. The second-order valence-corrected chi connectivity index (χ2v) is 9.98. The average molecular weight is 377 g/mol. The second kappa shape index (κ2) is 5.77. The number of epoxide rings is 1. The first-order chi connectivity index (χ1) is 12.8. The van der Waals surface area contributed by atoms with E-state index in [4.69, 9.17) is 19.9 Å². The number of nitrogens with two attached hydrogens (primary N) is 1. The fourth-order valence-corrected chi connectivity index (χ4v) is 7.48. The first-order valence-electron chi connectivity index (χ1n) is 10.5. The molecule has 5 aliphatic rings. The first-order valence-corrected chi connectivity index (χ1v) is 10.5. The van der Waals surface area contributed by atoms with Gasteiger partial charge in [0.15, 0.2) is 12.1 Å². The predicted octanol–water partition coefficient (Wildman–Crippen LogP) is 2.18. The van der Waals surface area contributed by atoms with Gasteiger partial charge in [-0.3, -0.25) is 9.59 Å². The molecule has 150 valence electrons. The summed E-state index contributed by atoms with van der Waals surface area (Å²) in [6, 6.07) is 0. The fourth-order valence-electron chi connectivity index (χ4n) is 7.48. The van der Waals surface area contributed by atoms with E-state index in [1.807, 2.05) is 0 Å². The summed E-state index contributed by atoms with van der Waals surface area (Å²) >= 11 is 0. The number of ketones is 1. The van der Waals surface area contributed by atoms with E-state index in [-0.39, 0.29) is 46.4 Å². The molecule has 0 aromatic carbocycles. The van der Waals surface area contributed by atoms with Crippen LogP contribution < -0.4 is 5.73 Å². The van der Waals surface area contributed by atoms with E-state index in [9.17, 15) is 9.59 Å². The molecule has 2 aliphatic heterocycles. The van der Waals surface area contributed by atoms with Crippen LogP contribution in [-0.4, -0.2) is 42.9 Å². The normalized spacial score (nSPS) is 52.0. The summed E-state index contributed by atoms with van der Waals surface area (Å²) in [4.78, 5) is 24.2. The molecule has 1 unspecified atom stereocenters. The molecule has 2 heterocycles. The minimum atomic E-state index is -0.246. The lowest BCUT2D eigenvalue weighted by molar-refractivity contribution is -0.202. The molecule has 6 heteroatoms. The number of carbonyl (C=O) groups excluding carboxylic acids is 2. The van der Waals surface area contributed by atoms with E-state index in [1.54, 1.807) is 0 Å². The Labute approximate surface area is 160 Å². The highest BCUT2D eigenvalue weighted by Gasteiger charge is 2.76. The summed E-state index contributed by atoms with van der Waals surface area (Å²) in [7, 11) is 0. The second-order valence-electron chi connectivity index (χ2n) is 9.98. The van der Waals surface area contributed by atoms with Crippen molar-refractivity contribution in [2.45, 2.75) is 76.8 Å². The molecule has 2 saturated heterocycles. The molecule has 0 aromatic rings. The van der Waals surface area contributed by atoms with Crippen molar-refractivity contribution < 1.29 is 23.8 Å². The minimum Gasteiger partial charge on any atom is -0.370 e. The highest BCUT2D eigenvalue weighted by atomic mass is 16.7. The van der Waals surface area contributed by atoms with Crippen molar-refractivity contribution in [1.82, 2.24) is 0 Å². The Bertz CT molecular complexity index is 675. The van der Waals surface area contributed by atoms with E-state index in [1.165, 1.54) is 0 Å². The Hall–Kier alpha value is -0.980. The molecule has 0 aromatic heterocycles. The third kappa shape index (κ3) is 2.29. The van der Waals surface area contributed by atoms with E-state index in [0.29, 0.717) is 37.9 Å². The van der Waals surface area contributed by atoms with Crippen molar-refractivity contribution in [1.29, 1.82) is 0 Å². The van der Waals surface area contributed by atoms with Gasteiger partial charge in [-0.15, -0.1) is 0 Å². The number of hydrogen-bond donors (Lipinski definition) is 1. The lowest BCUT2D eigenvalue weighted by Gasteiger charge is -2.60. The lowest BCUT2D eigenvalue weighted by atomic mass is 9.44. The molecule has 1 spiro atoms. The molecule has 1 amide bonds. The first kappa shape index (κ1) is 18.1. The molecule has 3 saturated carbocycles. The van der Waals surface area contributed by atoms with Gasteiger partial charge in [-0.2, -0.15) is 0 Å². The van der Waals surface area contributed by atoms with Crippen LogP contribution in [0.1, 0.15) is 58.8 Å². The van der Waals surface area contributed by atoms with Crippen molar-refractivity contribution in [3.05, 3.63) is 0 Å². The van der Waals surface area contributed by atoms with Gasteiger partial charge in [0, 0.05) is 23.7 Å². The summed E-state index contributed by atoms with van der Waals surface area (Å²) in [5.41, 5.74) is 5.28. The molecule has 5 rings (SSSR count). The number of rotatable bonds is 3. The SMILES string of the molecule is C[C@]1(C2OCCO2)CC[C@H]2[C@@H](CC[C@]34O[C@H]3C(=O)CC[C@]24C)C1CC(N)=O. The van der Waals surface area contributed by atoms with Crippen molar-refractivity contribution in [2.75, 3.05) is 13.2 Å². The Morgan fingerprint density at radius 3 is 2.59 bits per heavy atom. The highest BCUT2D eigenvalue weighted by Crippen LogP contribution is 2.71. The standard InChI is InChI=1S/C21H31NO5/c1-19(18-25-9-10-26-18)6-4-13-12(14(19)11-16(22)24)3-8-21-17(27-21)15(23)5-7-20(13,21)2/h12-14,17-18H,3-11H2,1-2H3,(H2,22,24)/t12-,13+,14?,17+,19+,20-,21+/m1/s1. The van der Waals surface area contributed by atoms with Crippen LogP contribution in [0.2, 0.25) is 0 Å². The average Bonchev–Trinajstić information content (AvgIpc) is 3.11. The molecule has 0 radical (unpaired) electrons. The van der Waals surface area contributed by atoms with Crippen LogP contribution in [0.15, 0.2) is 0 Å². The number of ether oxygens (including phenoxy) is 3. The topological polar surface area (TPSA) is 91.2 Å². The molecule has 7 atom stereocenters. The van der Waals surface area contributed by atoms with Crippen LogP contribution in [0, 0.1) is 28.6 Å². The van der Waals surface area contributed by atoms with Crippen LogP contribution in [-0.2, 0) is 23.8 Å². The summed E-state index contributed by atoms with van der Waals surface area (Å²) in [5, 5.41) is 0.